The standard InChI is InChI=1S/C24H22FNO5/c1-3-4-9-31-23-20(24(29)30-2)12-18(21(28)14-27)19-11-16(13-26-22(19)23)10-15-5-7-17(25)8-6-15/h5-8,11-14H,3-4,9-10H2,1-2H3. The number of fused-ring (bicyclic) bond motifs is 1. The Morgan fingerprint density at radius 3 is 2.48 bits per heavy atom. The largest absolute Gasteiger partial charge is 0.490 e. The lowest BCUT2D eigenvalue weighted by Gasteiger charge is -2.15. The number of aldehydes is 1. The zero-order chi connectivity index (χ0) is 22.4. The Kier molecular flexibility index (Phi) is 7.07. The van der Waals surface area contributed by atoms with E-state index < -0.39 is 11.8 Å². The zero-order valence-corrected chi connectivity index (χ0v) is 17.3. The van der Waals surface area contributed by atoms with Gasteiger partial charge in [-0.1, -0.05) is 25.5 Å². The number of methoxy groups -OCH3 is 1. The van der Waals surface area contributed by atoms with Crippen LogP contribution in [0.5, 0.6) is 5.75 Å². The first-order chi connectivity index (χ1) is 15.0. The number of aromatic nitrogens is 1. The molecule has 0 aliphatic heterocycles. The summed E-state index contributed by atoms with van der Waals surface area (Å²) in [6.07, 6.45) is 3.90. The van der Waals surface area contributed by atoms with E-state index in [1.165, 1.54) is 25.3 Å². The van der Waals surface area contributed by atoms with Crippen LogP contribution in [0.3, 0.4) is 0 Å². The van der Waals surface area contributed by atoms with E-state index in [4.69, 9.17) is 9.47 Å². The van der Waals surface area contributed by atoms with Crippen LogP contribution in [-0.4, -0.2) is 36.7 Å². The van der Waals surface area contributed by atoms with E-state index >= 15 is 0 Å². The molecule has 0 unspecified atom stereocenters. The number of ketones is 1. The summed E-state index contributed by atoms with van der Waals surface area (Å²) in [5, 5.41) is 0.399. The number of nitrogens with zero attached hydrogens (tertiary/aromatic N) is 1. The summed E-state index contributed by atoms with van der Waals surface area (Å²) in [7, 11) is 1.22. The quantitative estimate of drug-likeness (QED) is 0.168. The molecule has 0 atom stereocenters. The predicted octanol–water partition coefficient (Wildman–Crippen LogP) is 4.31. The van der Waals surface area contributed by atoms with E-state index in [1.807, 2.05) is 6.92 Å². The number of halogens is 1. The molecule has 3 aromatic rings. The van der Waals surface area contributed by atoms with Gasteiger partial charge in [0.15, 0.2) is 12.0 Å². The van der Waals surface area contributed by atoms with Gasteiger partial charge < -0.3 is 9.47 Å². The molecular formula is C24H22FNO5. The fourth-order valence-electron chi connectivity index (χ4n) is 3.24. The SMILES string of the molecule is CCCCOc1c(C(=O)OC)cc(C(=O)C=O)c2cc(Cc3ccc(F)cc3)cnc12. The van der Waals surface area contributed by atoms with Gasteiger partial charge in [-0.15, -0.1) is 0 Å². The van der Waals surface area contributed by atoms with Gasteiger partial charge in [-0.05, 0) is 48.2 Å². The Hall–Kier alpha value is -3.61. The van der Waals surface area contributed by atoms with Gasteiger partial charge in [0.05, 0.1) is 13.7 Å². The van der Waals surface area contributed by atoms with Crippen LogP contribution < -0.4 is 4.74 Å². The van der Waals surface area contributed by atoms with Crippen molar-refractivity contribution >= 4 is 28.9 Å². The number of ether oxygens (including phenoxy) is 2. The zero-order valence-electron chi connectivity index (χ0n) is 17.3. The number of carbonyl (C=O) groups excluding carboxylic acids is 3. The Bertz CT molecular complexity index is 1130. The molecule has 1 heterocycles. The van der Waals surface area contributed by atoms with Gasteiger partial charge in [-0.2, -0.15) is 0 Å². The maximum absolute atomic E-state index is 13.2. The Balaban J connectivity index is 2.17. The number of hydrogen-bond donors (Lipinski definition) is 0. The van der Waals surface area contributed by atoms with E-state index in [2.05, 4.69) is 4.98 Å². The fourth-order valence-corrected chi connectivity index (χ4v) is 3.24. The van der Waals surface area contributed by atoms with Crippen LogP contribution in [0.1, 0.15) is 51.6 Å². The van der Waals surface area contributed by atoms with E-state index in [1.54, 1.807) is 24.4 Å². The maximum atomic E-state index is 13.2. The van der Waals surface area contributed by atoms with Crippen molar-refractivity contribution in [2.75, 3.05) is 13.7 Å². The second-order valence-electron chi connectivity index (χ2n) is 7.02. The average molecular weight is 423 g/mol. The van der Waals surface area contributed by atoms with Crippen molar-refractivity contribution in [3.8, 4) is 5.75 Å². The van der Waals surface area contributed by atoms with Crippen LogP contribution in [0.15, 0.2) is 42.6 Å². The number of esters is 1. The molecule has 7 heteroatoms. The molecule has 0 radical (unpaired) electrons. The molecule has 0 N–H and O–H groups in total. The molecule has 0 aliphatic rings. The summed E-state index contributed by atoms with van der Waals surface area (Å²) >= 11 is 0. The summed E-state index contributed by atoms with van der Waals surface area (Å²) in [4.78, 5) is 40.4. The molecule has 0 fully saturated rings. The average Bonchev–Trinajstić information content (AvgIpc) is 2.79. The first-order valence-corrected chi connectivity index (χ1v) is 9.89. The molecule has 0 spiro atoms. The molecule has 0 saturated carbocycles. The van der Waals surface area contributed by atoms with Gasteiger partial charge >= 0.3 is 5.97 Å². The van der Waals surface area contributed by atoms with E-state index in [-0.39, 0.29) is 29.0 Å². The number of benzene rings is 2. The van der Waals surface area contributed by atoms with Crippen LogP contribution in [0.2, 0.25) is 0 Å². The highest BCUT2D eigenvalue weighted by atomic mass is 19.1. The van der Waals surface area contributed by atoms with Gasteiger partial charge in [0.1, 0.15) is 16.9 Å². The molecule has 0 amide bonds. The Morgan fingerprint density at radius 2 is 1.84 bits per heavy atom. The van der Waals surface area contributed by atoms with Crippen molar-refractivity contribution in [3.63, 3.8) is 0 Å². The minimum absolute atomic E-state index is 0.0371. The lowest BCUT2D eigenvalue weighted by molar-refractivity contribution is -0.104. The number of pyridine rings is 1. The van der Waals surface area contributed by atoms with Crippen molar-refractivity contribution in [2.24, 2.45) is 0 Å². The first kappa shape index (κ1) is 22.1. The number of Topliss-reactive ketones (excluding diaryl/α,β-unsaturated/α-hetero) is 1. The van der Waals surface area contributed by atoms with Gasteiger partial charge in [0.2, 0.25) is 5.78 Å². The molecule has 0 bridgehead atoms. The van der Waals surface area contributed by atoms with Gasteiger partial charge in [0, 0.05) is 17.1 Å². The third-order valence-corrected chi connectivity index (χ3v) is 4.83. The number of rotatable bonds is 9. The molecule has 3 rings (SSSR count). The monoisotopic (exact) mass is 423 g/mol. The lowest BCUT2D eigenvalue weighted by Crippen LogP contribution is -2.12. The van der Waals surface area contributed by atoms with Crippen LogP contribution in [0.25, 0.3) is 10.9 Å². The highest BCUT2D eigenvalue weighted by Crippen LogP contribution is 2.33. The highest BCUT2D eigenvalue weighted by Gasteiger charge is 2.23. The first-order valence-electron chi connectivity index (χ1n) is 9.89. The second kappa shape index (κ2) is 9.93. The minimum Gasteiger partial charge on any atom is -0.490 e. The molecule has 1 aromatic heterocycles. The molecule has 31 heavy (non-hydrogen) atoms. The van der Waals surface area contributed by atoms with Crippen molar-refractivity contribution in [3.05, 3.63) is 70.7 Å². The number of carbonyl (C=O) groups is 3. The summed E-state index contributed by atoms with van der Waals surface area (Å²) in [6.45, 7) is 2.37. The summed E-state index contributed by atoms with van der Waals surface area (Å²) in [5.41, 5.74) is 1.99. The molecule has 6 nitrogen and oxygen atoms in total. The smallest absolute Gasteiger partial charge is 0.341 e. The molecule has 2 aromatic carbocycles. The van der Waals surface area contributed by atoms with E-state index in [9.17, 15) is 18.8 Å². The van der Waals surface area contributed by atoms with Gasteiger partial charge in [-0.3, -0.25) is 14.6 Å². The molecule has 0 saturated heterocycles. The van der Waals surface area contributed by atoms with Crippen LogP contribution in [-0.2, 0) is 16.0 Å². The van der Waals surface area contributed by atoms with Crippen LogP contribution in [0, 0.1) is 5.82 Å². The minimum atomic E-state index is -0.781. The van der Waals surface area contributed by atoms with E-state index in [0.29, 0.717) is 23.9 Å². The third kappa shape index (κ3) is 4.94. The molecule has 160 valence electrons. The van der Waals surface area contributed by atoms with Crippen molar-refractivity contribution in [1.82, 2.24) is 4.98 Å². The predicted molar refractivity (Wildman–Crippen MR) is 113 cm³/mol. The Morgan fingerprint density at radius 1 is 1.10 bits per heavy atom. The van der Waals surface area contributed by atoms with Crippen molar-refractivity contribution in [2.45, 2.75) is 26.2 Å². The normalized spacial score (nSPS) is 10.7. The molecular weight excluding hydrogens is 401 g/mol. The highest BCUT2D eigenvalue weighted by molar-refractivity contribution is 6.36. The van der Waals surface area contributed by atoms with Crippen LogP contribution >= 0.6 is 0 Å². The van der Waals surface area contributed by atoms with Crippen molar-refractivity contribution < 1.29 is 28.2 Å². The maximum Gasteiger partial charge on any atom is 0.341 e. The topological polar surface area (TPSA) is 82.6 Å². The van der Waals surface area contributed by atoms with E-state index in [0.717, 1.165) is 24.0 Å². The number of hydrogen-bond acceptors (Lipinski definition) is 6. The number of unbranched alkanes of at least 4 members (excludes halogenated alkanes) is 1. The summed E-state index contributed by atoms with van der Waals surface area (Å²) in [6, 6.07) is 9.11. The summed E-state index contributed by atoms with van der Waals surface area (Å²) in [5.74, 6) is -1.59. The molecule has 0 aliphatic carbocycles. The lowest BCUT2D eigenvalue weighted by atomic mass is 9.97. The van der Waals surface area contributed by atoms with Gasteiger partial charge in [-0.25, -0.2) is 9.18 Å². The Labute approximate surface area is 179 Å². The fraction of sp³-hybridized carbons (Fsp3) is 0.250. The summed E-state index contributed by atoms with van der Waals surface area (Å²) < 4.78 is 23.9. The van der Waals surface area contributed by atoms with Crippen molar-refractivity contribution in [1.29, 1.82) is 0 Å². The second-order valence-corrected chi connectivity index (χ2v) is 7.02. The third-order valence-electron chi connectivity index (χ3n) is 4.83. The van der Waals surface area contributed by atoms with Gasteiger partial charge in [0.25, 0.3) is 0 Å². The van der Waals surface area contributed by atoms with Crippen LogP contribution in [0.4, 0.5) is 4.39 Å².